The third-order valence-electron chi connectivity index (χ3n) is 4.23. The van der Waals surface area contributed by atoms with Crippen molar-refractivity contribution in [2.24, 2.45) is 0 Å². The van der Waals surface area contributed by atoms with Crippen LogP contribution in [0.2, 0.25) is 0 Å². The van der Waals surface area contributed by atoms with Gasteiger partial charge in [0.1, 0.15) is 0 Å². The number of rotatable bonds is 6. The number of non-ortho nitro benzene ring substituents is 2. The third kappa shape index (κ3) is 11.2. The molecule has 214 valence electrons. The number of anilines is 4. The number of nitro benzene ring substituents is 2. The number of hydrogen-bond acceptors (Lipinski definition) is 6. The monoisotopic (exact) mass is 581 g/mol. The zero-order chi connectivity index (χ0) is 29.3. The van der Waals surface area contributed by atoms with Crippen LogP contribution in [-0.2, 0) is 0 Å². The maximum atomic E-state index is 13.8. The first-order chi connectivity index (χ1) is 18.1. The fourth-order valence-corrected chi connectivity index (χ4v) is 2.66. The van der Waals surface area contributed by atoms with Gasteiger partial charge >= 0.3 is 12.1 Å². The molecule has 3 rings (SSSR count). The van der Waals surface area contributed by atoms with Gasteiger partial charge in [-0.3, -0.25) is 20.2 Å². The first-order valence-electron chi connectivity index (χ1n) is 11.1. The highest BCUT2D eigenvalue weighted by Crippen LogP contribution is 2.26. The van der Waals surface area contributed by atoms with Crippen molar-refractivity contribution < 1.29 is 45.1 Å². The van der Waals surface area contributed by atoms with Gasteiger partial charge in [0.2, 0.25) is 0 Å². The summed E-state index contributed by atoms with van der Waals surface area (Å²) in [5.41, 5.74) is -0.629. The van der Waals surface area contributed by atoms with Crippen LogP contribution < -0.4 is 33.7 Å². The number of amides is 4. The van der Waals surface area contributed by atoms with E-state index in [1.807, 2.05) is 0 Å². The SMILES string of the molecule is C[N+](C)(C)C.O=C(Nc1ccc([N+](=O)[O-])cc1)Nc1cc(F)c(F)cc1NC(=O)Nc1ccc([N+](=O)[O-])cc1.[Cl-]. The van der Waals surface area contributed by atoms with E-state index in [-0.39, 0.29) is 46.5 Å². The van der Waals surface area contributed by atoms with Crippen molar-refractivity contribution >= 4 is 46.2 Å². The van der Waals surface area contributed by atoms with E-state index in [0.29, 0.717) is 12.1 Å². The Morgan fingerprint density at radius 2 is 0.925 bits per heavy atom. The molecule has 0 saturated carbocycles. The number of urea groups is 2. The van der Waals surface area contributed by atoms with E-state index < -0.39 is 33.5 Å². The number of nitrogens with one attached hydrogen (secondary N) is 4. The number of nitro groups is 2. The Kier molecular flexibility index (Phi) is 11.9. The van der Waals surface area contributed by atoms with Crippen molar-refractivity contribution in [2.45, 2.75) is 0 Å². The van der Waals surface area contributed by atoms with Crippen LogP contribution in [0.15, 0.2) is 60.7 Å². The molecule has 0 heterocycles. The predicted molar refractivity (Wildman–Crippen MR) is 142 cm³/mol. The Morgan fingerprint density at radius 1 is 0.650 bits per heavy atom. The van der Waals surface area contributed by atoms with E-state index in [1.54, 1.807) is 0 Å². The average molecular weight is 582 g/mol. The predicted octanol–water partition coefficient (Wildman–Crippen LogP) is 2.40. The van der Waals surface area contributed by atoms with E-state index in [2.05, 4.69) is 49.5 Å². The molecule has 0 aromatic heterocycles. The molecule has 3 aromatic carbocycles. The minimum absolute atomic E-state index is 0. The molecule has 0 radical (unpaired) electrons. The lowest BCUT2D eigenvalue weighted by Gasteiger charge is -2.14. The molecule has 0 aliphatic carbocycles. The Labute approximate surface area is 233 Å². The Hall–Kier alpha value is -4.89. The van der Waals surface area contributed by atoms with Crippen molar-refractivity contribution in [1.29, 1.82) is 0 Å². The van der Waals surface area contributed by atoms with Crippen LogP contribution in [0.5, 0.6) is 0 Å². The van der Waals surface area contributed by atoms with Crippen LogP contribution in [0.4, 0.5) is 52.5 Å². The number of carbonyl (C=O) groups excluding carboxylic acids is 2. The smallest absolute Gasteiger partial charge is 0.323 e. The Balaban J connectivity index is 0.00000122. The molecule has 13 nitrogen and oxygen atoms in total. The quantitative estimate of drug-likeness (QED) is 0.198. The fraction of sp³-hybridized carbons (Fsp3) is 0.167. The average Bonchev–Trinajstić information content (AvgIpc) is 2.82. The van der Waals surface area contributed by atoms with Crippen LogP contribution in [0.1, 0.15) is 0 Å². The standard InChI is InChI=1S/C20H14F2N6O6.C4H12N.ClH/c21-15-9-17(25-19(29)23-11-1-5-13(6-2-11)27(31)32)18(10-16(15)22)26-20(30)24-12-3-7-14(8-4-12)28(33)34;1-5(2,3)4;/h1-10H,(H2,23,25,29)(H2,24,26,30);1-4H3;1H/q;+1;/p-1. The highest BCUT2D eigenvalue weighted by molar-refractivity contribution is 6.06. The number of hydrogen-bond donors (Lipinski definition) is 4. The van der Waals surface area contributed by atoms with Gasteiger partial charge in [0, 0.05) is 47.8 Å². The van der Waals surface area contributed by atoms with Gasteiger partial charge in [-0.2, -0.15) is 0 Å². The molecule has 0 unspecified atom stereocenters. The third-order valence-corrected chi connectivity index (χ3v) is 4.23. The lowest BCUT2D eigenvalue weighted by Crippen LogP contribution is -3.00. The van der Waals surface area contributed by atoms with Gasteiger partial charge in [-0.25, -0.2) is 18.4 Å². The summed E-state index contributed by atoms with van der Waals surface area (Å²) in [5.74, 6) is -2.60. The van der Waals surface area contributed by atoms with Crippen LogP contribution in [0.3, 0.4) is 0 Å². The number of nitrogens with zero attached hydrogens (tertiary/aromatic N) is 3. The minimum atomic E-state index is -1.30. The lowest BCUT2D eigenvalue weighted by atomic mass is 10.2. The lowest BCUT2D eigenvalue weighted by molar-refractivity contribution is -0.849. The molecule has 3 aromatic rings. The number of quaternary nitrogens is 1. The van der Waals surface area contributed by atoms with Gasteiger partial charge in [0.25, 0.3) is 11.4 Å². The van der Waals surface area contributed by atoms with Crippen molar-refractivity contribution in [2.75, 3.05) is 49.5 Å². The van der Waals surface area contributed by atoms with Gasteiger partial charge in [0.05, 0.1) is 49.4 Å². The van der Waals surface area contributed by atoms with Crippen molar-refractivity contribution in [3.8, 4) is 0 Å². The molecule has 0 aliphatic heterocycles. The van der Waals surface area contributed by atoms with Crippen LogP contribution in [-0.4, -0.2) is 54.6 Å². The minimum Gasteiger partial charge on any atom is -1.00 e. The largest absolute Gasteiger partial charge is 1.00 e. The molecule has 16 heteroatoms. The zero-order valence-corrected chi connectivity index (χ0v) is 22.5. The van der Waals surface area contributed by atoms with E-state index in [9.17, 15) is 38.6 Å². The molecule has 0 saturated heterocycles. The topological polar surface area (TPSA) is 169 Å². The van der Waals surface area contributed by atoms with Crippen molar-refractivity contribution in [3.05, 3.63) is 92.5 Å². The van der Waals surface area contributed by atoms with Crippen LogP contribution in [0, 0.1) is 31.9 Å². The zero-order valence-electron chi connectivity index (χ0n) is 21.7. The second kappa shape index (κ2) is 14.3. The number of halogens is 3. The maximum absolute atomic E-state index is 13.8. The molecular weight excluding hydrogens is 556 g/mol. The summed E-state index contributed by atoms with van der Waals surface area (Å²) in [7, 11) is 8.50. The molecule has 0 aliphatic rings. The van der Waals surface area contributed by atoms with E-state index in [4.69, 9.17) is 0 Å². The highest BCUT2D eigenvalue weighted by atomic mass is 35.5. The number of carbonyl (C=O) groups is 2. The van der Waals surface area contributed by atoms with E-state index in [0.717, 1.165) is 28.7 Å². The number of benzene rings is 3. The van der Waals surface area contributed by atoms with Crippen LogP contribution in [0.25, 0.3) is 0 Å². The summed E-state index contributed by atoms with van der Waals surface area (Å²) in [6, 6.07) is 9.16. The first kappa shape index (κ1) is 33.1. The van der Waals surface area contributed by atoms with Crippen molar-refractivity contribution in [1.82, 2.24) is 0 Å². The molecule has 0 atom stereocenters. The van der Waals surface area contributed by atoms with Crippen LogP contribution >= 0.6 is 0 Å². The van der Waals surface area contributed by atoms with E-state index >= 15 is 0 Å². The van der Waals surface area contributed by atoms with Gasteiger partial charge < -0.3 is 38.2 Å². The summed E-state index contributed by atoms with van der Waals surface area (Å²) in [4.78, 5) is 44.7. The highest BCUT2D eigenvalue weighted by Gasteiger charge is 2.16. The summed E-state index contributed by atoms with van der Waals surface area (Å²) in [6.07, 6.45) is 0. The molecule has 40 heavy (non-hydrogen) atoms. The molecule has 0 fully saturated rings. The van der Waals surface area contributed by atoms with Gasteiger partial charge in [0.15, 0.2) is 11.6 Å². The first-order valence-corrected chi connectivity index (χ1v) is 11.1. The molecular formula is C24H26ClF2N7O6. The molecule has 4 amide bonds. The molecule has 4 N–H and O–H groups in total. The summed E-state index contributed by atoms with van der Waals surface area (Å²) >= 11 is 0. The summed E-state index contributed by atoms with van der Waals surface area (Å²) in [6.45, 7) is 0. The molecule has 0 bridgehead atoms. The van der Waals surface area contributed by atoms with Gasteiger partial charge in [-0.15, -0.1) is 0 Å². The summed E-state index contributed by atoms with van der Waals surface area (Å²) in [5, 5.41) is 30.6. The maximum Gasteiger partial charge on any atom is 0.323 e. The summed E-state index contributed by atoms with van der Waals surface area (Å²) < 4.78 is 28.5. The second-order valence-corrected chi connectivity index (χ2v) is 9.26. The Morgan fingerprint density at radius 3 is 1.18 bits per heavy atom. The normalized spacial score (nSPS) is 10.2. The van der Waals surface area contributed by atoms with Crippen molar-refractivity contribution in [3.63, 3.8) is 0 Å². The Bertz CT molecular complexity index is 1260. The second-order valence-electron chi connectivity index (χ2n) is 9.26. The van der Waals surface area contributed by atoms with E-state index in [1.165, 1.54) is 24.3 Å². The molecule has 0 spiro atoms. The van der Waals surface area contributed by atoms with Gasteiger partial charge in [-0.05, 0) is 24.3 Å². The van der Waals surface area contributed by atoms with Gasteiger partial charge in [-0.1, -0.05) is 0 Å². The fourth-order valence-electron chi connectivity index (χ4n) is 2.66.